The first-order valence-electron chi connectivity index (χ1n) is 10.2. The summed E-state index contributed by atoms with van der Waals surface area (Å²) in [5, 5.41) is 3.83. The molecular weight excluding hydrogens is 474 g/mol. The van der Waals surface area contributed by atoms with Gasteiger partial charge in [0.2, 0.25) is 0 Å². The number of hydrogen-bond acceptors (Lipinski definition) is 5. The highest BCUT2D eigenvalue weighted by Crippen LogP contribution is 2.37. The van der Waals surface area contributed by atoms with Gasteiger partial charge in [0.15, 0.2) is 0 Å². The number of ether oxygens (including phenoxy) is 1. The maximum atomic E-state index is 12.6. The number of nitrogens with one attached hydrogen (secondary N) is 3. The number of halogens is 1. The Morgan fingerprint density at radius 3 is 2.29 bits per heavy atom. The van der Waals surface area contributed by atoms with Crippen LogP contribution in [0, 0.1) is 6.92 Å². The maximum absolute atomic E-state index is 12.6. The van der Waals surface area contributed by atoms with Crippen LogP contribution in [0.3, 0.4) is 0 Å². The summed E-state index contributed by atoms with van der Waals surface area (Å²) >= 11 is 7.55. The molecule has 1 heterocycles. The zero-order valence-corrected chi connectivity index (χ0v) is 19.8. The molecule has 0 radical (unpaired) electrons. The van der Waals surface area contributed by atoms with Gasteiger partial charge in [0, 0.05) is 26.9 Å². The Morgan fingerprint density at radius 2 is 1.59 bits per heavy atom. The van der Waals surface area contributed by atoms with Crippen molar-refractivity contribution in [2.45, 2.75) is 6.92 Å². The minimum atomic E-state index is -0.527. The average molecular weight is 494 g/mol. The van der Waals surface area contributed by atoms with E-state index in [1.165, 1.54) is 11.3 Å². The summed E-state index contributed by atoms with van der Waals surface area (Å²) in [6, 6.07) is 18.9. The molecule has 34 heavy (non-hydrogen) atoms. The molecule has 0 aliphatic carbocycles. The highest BCUT2D eigenvalue weighted by molar-refractivity contribution is 7.21. The Labute approximate surface area is 204 Å². The number of carbonyl (C=O) groups excluding carboxylic acids is 3. The van der Waals surface area contributed by atoms with E-state index in [2.05, 4.69) is 16.2 Å². The van der Waals surface area contributed by atoms with Gasteiger partial charge in [0.05, 0.1) is 12.1 Å². The Morgan fingerprint density at radius 1 is 0.853 bits per heavy atom. The lowest BCUT2D eigenvalue weighted by molar-refractivity contribution is 0.0849. The van der Waals surface area contributed by atoms with Crippen molar-refractivity contribution in [2.24, 2.45) is 0 Å². The first-order valence-corrected chi connectivity index (χ1v) is 11.4. The van der Waals surface area contributed by atoms with Crippen LogP contribution in [-0.4, -0.2) is 24.8 Å². The molecule has 0 aliphatic rings. The van der Waals surface area contributed by atoms with Crippen LogP contribution in [0.25, 0.3) is 10.1 Å². The predicted octanol–water partition coefficient (Wildman–Crippen LogP) is 5.20. The SMILES string of the molecule is COc1ccc2c(Cl)c(C(=O)NNC(=O)c3ccc(NC(=O)c4cccc(C)c4)cc3)sc2c1. The van der Waals surface area contributed by atoms with E-state index in [1.54, 1.807) is 61.7 Å². The molecule has 0 saturated heterocycles. The largest absolute Gasteiger partial charge is 0.497 e. The first-order chi connectivity index (χ1) is 16.4. The van der Waals surface area contributed by atoms with Gasteiger partial charge in [-0.2, -0.15) is 0 Å². The van der Waals surface area contributed by atoms with Gasteiger partial charge < -0.3 is 10.1 Å². The van der Waals surface area contributed by atoms with Crippen molar-refractivity contribution < 1.29 is 19.1 Å². The second-order valence-electron chi connectivity index (χ2n) is 7.42. The van der Waals surface area contributed by atoms with Crippen molar-refractivity contribution in [3.63, 3.8) is 0 Å². The van der Waals surface area contributed by atoms with Crippen molar-refractivity contribution in [3.8, 4) is 5.75 Å². The van der Waals surface area contributed by atoms with Gasteiger partial charge >= 0.3 is 0 Å². The van der Waals surface area contributed by atoms with Crippen molar-refractivity contribution in [2.75, 3.05) is 12.4 Å². The molecule has 0 saturated carbocycles. The fraction of sp³-hybridized carbons (Fsp3) is 0.0800. The molecule has 172 valence electrons. The lowest BCUT2D eigenvalue weighted by Crippen LogP contribution is -2.41. The van der Waals surface area contributed by atoms with E-state index in [-0.39, 0.29) is 10.8 Å². The van der Waals surface area contributed by atoms with Crippen molar-refractivity contribution in [3.05, 3.63) is 93.3 Å². The number of fused-ring (bicyclic) bond motifs is 1. The molecule has 4 rings (SSSR count). The number of aryl methyl sites for hydroxylation is 1. The van der Waals surface area contributed by atoms with Gasteiger partial charge in [-0.3, -0.25) is 25.2 Å². The summed E-state index contributed by atoms with van der Waals surface area (Å²) in [4.78, 5) is 37.7. The molecule has 0 unspecified atom stereocenters. The van der Waals surface area contributed by atoms with Gasteiger partial charge in [0.25, 0.3) is 17.7 Å². The van der Waals surface area contributed by atoms with Crippen LogP contribution in [0.5, 0.6) is 5.75 Å². The molecule has 4 aromatic rings. The number of rotatable bonds is 5. The molecular formula is C25H20ClN3O4S. The van der Waals surface area contributed by atoms with Crippen molar-refractivity contribution >= 4 is 56.4 Å². The maximum Gasteiger partial charge on any atom is 0.281 e. The summed E-state index contributed by atoms with van der Waals surface area (Å²) in [7, 11) is 1.56. The number of amides is 3. The smallest absolute Gasteiger partial charge is 0.281 e. The zero-order chi connectivity index (χ0) is 24.2. The molecule has 3 amide bonds. The molecule has 0 bridgehead atoms. The van der Waals surface area contributed by atoms with Crippen LogP contribution < -0.4 is 20.9 Å². The van der Waals surface area contributed by atoms with E-state index < -0.39 is 11.8 Å². The number of carbonyl (C=O) groups is 3. The second kappa shape index (κ2) is 9.94. The Bertz CT molecular complexity index is 1400. The molecule has 1 aromatic heterocycles. The third-order valence-corrected chi connectivity index (χ3v) is 6.67. The highest BCUT2D eigenvalue weighted by Gasteiger charge is 2.18. The van der Waals surface area contributed by atoms with E-state index in [4.69, 9.17) is 16.3 Å². The lowest BCUT2D eigenvalue weighted by atomic mass is 10.1. The number of hydrogen-bond donors (Lipinski definition) is 3. The minimum Gasteiger partial charge on any atom is -0.497 e. The van der Waals surface area contributed by atoms with Crippen LogP contribution in [0.2, 0.25) is 5.02 Å². The van der Waals surface area contributed by atoms with Gasteiger partial charge in [-0.1, -0.05) is 29.3 Å². The van der Waals surface area contributed by atoms with Crippen molar-refractivity contribution in [1.82, 2.24) is 10.9 Å². The average Bonchev–Trinajstić information content (AvgIpc) is 3.18. The topological polar surface area (TPSA) is 96.5 Å². The summed E-state index contributed by atoms with van der Waals surface area (Å²) < 4.78 is 5.99. The molecule has 9 heteroatoms. The Hall–Kier alpha value is -3.88. The predicted molar refractivity (Wildman–Crippen MR) is 134 cm³/mol. The van der Waals surface area contributed by atoms with E-state index >= 15 is 0 Å². The standard InChI is InChI=1S/C25H20ClN3O4S/c1-14-4-3-5-16(12-14)23(30)27-17-8-6-15(7-9-17)24(31)28-29-25(32)22-21(26)19-11-10-18(33-2)13-20(19)34-22/h3-13H,1-2H3,(H,27,30)(H,28,31)(H,29,32). The van der Waals surface area contributed by atoms with Gasteiger partial charge in [-0.15, -0.1) is 11.3 Å². The van der Waals surface area contributed by atoms with Crippen LogP contribution in [-0.2, 0) is 0 Å². The van der Waals surface area contributed by atoms with Gasteiger partial charge in [-0.05, 0) is 61.5 Å². The molecule has 7 nitrogen and oxygen atoms in total. The summed E-state index contributed by atoms with van der Waals surface area (Å²) in [6.45, 7) is 1.91. The third kappa shape index (κ3) is 5.03. The minimum absolute atomic E-state index is 0.244. The van der Waals surface area contributed by atoms with Crippen LogP contribution in [0.15, 0.2) is 66.7 Å². The van der Waals surface area contributed by atoms with E-state index in [9.17, 15) is 14.4 Å². The fourth-order valence-corrected chi connectivity index (χ4v) is 4.70. The Balaban J connectivity index is 1.37. The molecule has 0 aliphatic heterocycles. The normalized spacial score (nSPS) is 10.6. The number of methoxy groups -OCH3 is 1. The Kier molecular flexibility index (Phi) is 6.81. The summed E-state index contributed by atoms with van der Waals surface area (Å²) in [5.41, 5.74) is 7.15. The summed E-state index contributed by atoms with van der Waals surface area (Å²) in [5.74, 6) is -0.625. The van der Waals surface area contributed by atoms with E-state index in [1.807, 2.05) is 19.1 Å². The molecule has 3 N–H and O–H groups in total. The number of hydrazine groups is 1. The van der Waals surface area contributed by atoms with Gasteiger partial charge in [-0.25, -0.2) is 0 Å². The van der Waals surface area contributed by atoms with E-state index in [0.29, 0.717) is 27.6 Å². The quantitative estimate of drug-likeness (QED) is 0.333. The third-order valence-electron chi connectivity index (χ3n) is 5.02. The lowest BCUT2D eigenvalue weighted by Gasteiger charge is -2.09. The number of thiophene rings is 1. The molecule has 3 aromatic carbocycles. The number of benzene rings is 3. The fourth-order valence-electron chi connectivity index (χ4n) is 3.26. The van der Waals surface area contributed by atoms with Crippen LogP contribution >= 0.6 is 22.9 Å². The zero-order valence-electron chi connectivity index (χ0n) is 18.3. The molecule has 0 atom stereocenters. The summed E-state index contributed by atoms with van der Waals surface area (Å²) in [6.07, 6.45) is 0. The van der Waals surface area contributed by atoms with Crippen LogP contribution in [0.4, 0.5) is 5.69 Å². The molecule has 0 fully saturated rings. The number of anilines is 1. The monoisotopic (exact) mass is 493 g/mol. The second-order valence-corrected chi connectivity index (χ2v) is 8.85. The first kappa shape index (κ1) is 23.3. The van der Waals surface area contributed by atoms with Crippen molar-refractivity contribution in [1.29, 1.82) is 0 Å². The molecule has 0 spiro atoms. The van der Waals surface area contributed by atoms with E-state index in [0.717, 1.165) is 15.6 Å². The highest BCUT2D eigenvalue weighted by atomic mass is 35.5. The van der Waals surface area contributed by atoms with Crippen LogP contribution in [0.1, 0.15) is 36.0 Å². The van der Waals surface area contributed by atoms with Gasteiger partial charge in [0.1, 0.15) is 10.6 Å².